The molecule has 7 nitrogen and oxygen atoms in total. The zero-order chi connectivity index (χ0) is 16.2. The first kappa shape index (κ1) is 16.4. The molecule has 4 N–H and O–H groups in total. The van der Waals surface area contributed by atoms with Gasteiger partial charge in [0.2, 0.25) is 11.9 Å². The Kier molecular flexibility index (Phi) is 5.14. The number of hydrogen-bond acceptors (Lipinski definition) is 6. The SMILES string of the molecule is O=C(NCCNc1nccc(C(F)(F)F)n1)[C@@H]1C[C@@H](O)CN1. The van der Waals surface area contributed by atoms with Crippen LogP contribution in [-0.2, 0) is 11.0 Å². The number of β-amino-alcohol motifs (C(OH)–C–C–N with tert-alkyl or cyclic N) is 1. The highest BCUT2D eigenvalue weighted by Gasteiger charge is 2.32. The van der Waals surface area contributed by atoms with Gasteiger partial charge in [-0.3, -0.25) is 4.79 Å². The molecular formula is C12H16F3N5O2. The van der Waals surface area contributed by atoms with Crippen molar-refractivity contribution in [2.75, 3.05) is 25.0 Å². The zero-order valence-corrected chi connectivity index (χ0v) is 11.5. The maximum absolute atomic E-state index is 12.5. The third kappa shape index (κ3) is 4.53. The lowest BCUT2D eigenvalue weighted by atomic mass is 10.2. The number of rotatable bonds is 5. The summed E-state index contributed by atoms with van der Waals surface area (Å²) in [5.74, 6) is -0.415. The fourth-order valence-electron chi connectivity index (χ4n) is 2.00. The van der Waals surface area contributed by atoms with Crippen LogP contribution in [0.15, 0.2) is 12.3 Å². The molecular weight excluding hydrogens is 303 g/mol. The van der Waals surface area contributed by atoms with Crippen molar-refractivity contribution in [3.63, 3.8) is 0 Å². The highest BCUT2D eigenvalue weighted by Crippen LogP contribution is 2.27. The zero-order valence-electron chi connectivity index (χ0n) is 11.5. The monoisotopic (exact) mass is 319 g/mol. The van der Waals surface area contributed by atoms with E-state index in [0.717, 1.165) is 12.3 Å². The van der Waals surface area contributed by atoms with E-state index < -0.39 is 24.0 Å². The topological polar surface area (TPSA) is 99.2 Å². The normalized spacial score (nSPS) is 21.6. The molecule has 1 fully saturated rings. The summed E-state index contributed by atoms with van der Waals surface area (Å²) >= 11 is 0. The molecule has 0 bridgehead atoms. The lowest BCUT2D eigenvalue weighted by Gasteiger charge is -2.12. The Balaban J connectivity index is 1.74. The third-order valence-electron chi connectivity index (χ3n) is 3.08. The number of carbonyl (C=O) groups excluding carboxylic acids is 1. The van der Waals surface area contributed by atoms with Crippen LogP contribution < -0.4 is 16.0 Å². The minimum Gasteiger partial charge on any atom is -0.392 e. The van der Waals surface area contributed by atoms with Crippen LogP contribution in [-0.4, -0.2) is 52.8 Å². The molecule has 22 heavy (non-hydrogen) atoms. The van der Waals surface area contributed by atoms with Gasteiger partial charge in [-0.15, -0.1) is 0 Å². The molecule has 122 valence electrons. The maximum Gasteiger partial charge on any atom is 0.433 e. The lowest BCUT2D eigenvalue weighted by Crippen LogP contribution is -2.42. The predicted molar refractivity (Wildman–Crippen MR) is 70.9 cm³/mol. The highest BCUT2D eigenvalue weighted by molar-refractivity contribution is 5.82. The van der Waals surface area contributed by atoms with Gasteiger partial charge in [0.1, 0.15) is 5.69 Å². The summed E-state index contributed by atoms with van der Waals surface area (Å²) in [5.41, 5.74) is -1.03. The fourth-order valence-corrected chi connectivity index (χ4v) is 2.00. The average molecular weight is 319 g/mol. The minimum absolute atomic E-state index is 0.154. The van der Waals surface area contributed by atoms with Gasteiger partial charge in [-0.05, 0) is 12.5 Å². The Labute approximate surface area is 124 Å². The molecule has 0 aliphatic carbocycles. The minimum atomic E-state index is -4.53. The van der Waals surface area contributed by atoms with Crippen LogP contribution >= 0.6 is 0 Å². The van der Waals surface area contributed by atoms with Gasteiger partial charge in [0.25, 0.3) is 0 Å². The van der Waals surface area contributed by atoms with Gasteiger partial charge in [0.15, 0.2) is 0 Å². The third-order valence-corrected chi connectivity index (χ3v) is 3.08. The van der Waals surface area contributed by atoms with E-state index in [2.05, 4.69) is 25.9 Å². The van der Waals surface area contributed by atoms with Crippen molar-refractivity contribution >= 4 is 11.9 Å². The van der Waals surface area contributed by atoms with Crippen molar-refractivity contribution < 1.29 is 23.1 Å². The van der Waals surface area contributed by atoms with Crippen molar-refractivity contribution in [2.24, 2.45) is 0 Å². The summed E-state index contributed by atoms with van der Waals surface area (Å²) in [6, 6.07) is 0.337. The summed E-state index contributed by atoms with van der Waals surface area (Å²) in [6.45, 7) is 0.753. The van der Waals surface area contributed by atoms with Crippen LogP contribution in [0.1, 0.15) is 12.1 Å². The molecule has 1 saturated heterocycles. The smallest absolute Gasteiger partial charge is 0.392 e. The van der Waals surface area contributed by atoms with Crippen LogP contribution in [0.5, 0.6) is 0 Å². The van der Waals surface area contributed by atoms with E-state index in [4.69, 9.17) is 0 Å². The number of aliphatic hydroxyl groups is 1. The van der Waals surface area contributed by atoms with Gasteiger partial charge >= 0.3 is 6.18 Å². The lowest BCUT2D eigenvalue weighted by molar-refractivity contribution is -0.141. The van der Waals surface area contributed by atoms with Crippen molar-refractivity contribution in [2.45, 2.75) is 24.7 Å². The number of anilines is 1. The van der Waals surface area contributed by atoms with E-state index in [9.17, 15) is 23.1 Å². The number of hydrogen-bond donors (Lipinski definition) is 4. The van der Waals surface area contributed by atoms with E-state index in [-0.39, 0.29) is 24.9 Å². The quantitative estimate of drug-likeness (QED) is 0.559. The molecule has 2 atom stereocenters. The van der Waals surface area contributed by atoms with Crippen molar-refractivity contribution in [3.8, 4) is 0 Å². The molecule has 0 aromatic carbocycles. The fraction of sp³-hybridized carbons (Fsp3) is 0.583. The highest BCUT2D eigenvalue weighted by atomic mass is 19.4. The van der Waals surface area contributed by atoms with Crippen LogP contribution in [0, 0.1) is 0 Å². The van der Waals surface area contributed by atoms with E-state index in [1.165, 1.54) is 0 Å². The van der Waals surface area contributed by atoms with Gasteiger partial charge in [-0.2, -0.15) is 13.2 Å². The van der Waals surface area contributed by atoms with E-state index >= 15 is 0 Å². The molecule has 1 aliphatic heterocycles. The largest absolute Gasteiger partial charge is 0.433 e. The molecule has 1 amide bonds. The van der Waals surface area contributed by atoms with Crippen molar-refractivity contribution in [3.05, 3.63) is 18.0 Å². The number of aliphatic hydroxyl groups excluding tert-OH is 1. The van der Waals surface area contributed by atoms with E-state index in [1.54, 1.807) is 0 Å². The second kappa shape index (κ2) is 6.88. The number of carbonyl (C=O) groups is 1. The first-order chi connectivity index (χ1) is 10.4. The molecule has 2 rings (SSSR count). The molecule has 1 aromatic rings. The van der Waals surface area contributed by atoms with Gasteiger partial charge in [-0.1, -0.05) is 0 Å². The van der Waals surface area contributed by atoms with E-state index in [0.29, 0.717) is 13.0 Å². The van der Waals surface area contributed by atoms with Gasteiger partial charge in [-0.25, -0.2) is 9.97 Å². The predicted octanol–water partition coefficient (Wildman–Crippen LogP) is -0.254. The van der Waals surface area contributed by atoms with Gasteiger partial charge in [0.05, 0.1) is 12.1 Å². The molecule has 2 heterocycles. The first-order valence-electron chi connectivity index (χ1n) is 6.69. The van der Waals surface area contributed by atoms with Crippen LogP contribution in [0.25, 0.3) is 0 Å². The summed E-state index contributed by atoms with van der Waals surface area (Å²) in [7, 11) is 0. The standard InChI is InChI=1S/C12H16F3N5O2/c13-12(14,15)9-1-2-17-11(20-9)18-4-3-16-10(22)8-5-7(21)6-19-8/h1-2,7-8,19,21H,3-6H2,(H,16,22)(H,17,18,20)/t7-,8+/m1/s1. The second-order valence-electron chi connectivity index (χ2n) is 4.83. The van der Waals surface area contributed by atoms with Gasteiger partial charge < -0.3 is 21.1 Å². The molecule has 1 aliphatic rings. The molecule has 0 spiro atoms. The van der Waals surface area contributed by atoms with Crippen molar-refractivity contribution in [1.29, 1.82) is 0 Å². The Morgan fingerprint density at radius 1 is 1.45 bits per heavy atom. The van der Waals surface area contributed by atoms with Crippen molar-refractivity contribution in [1.82, 2.24) is 20.6 Å². The van der Waals surface area contributed by atoms with E-state index in [1.807, 2.05) is 0 Å². The summed E-state index contributed by atoms with van der Waals surface area (Å²) < 4.78 is 37.4. The number of nitrogens with zero attached hydrogens (tertiary/aromatic N) is 2. The summed E-state index contributed by atoms with van der Waals surface area (Å²) in [5, 5.41) is 17.4. The molecule has 1 aromatic heterocycles. The molecule has 10 heteroatoms. The summed E-state index contributed by atoms with van der Waals surface area (Å²) in [6.07, 6.45) is -3.70. The number of aromatic nitrogens is 2. The van der Waals surface area contributed by atoms with Crippen LogP contribution in [0.4, 0.5) is 19.1 Å². The number of nitrogens with one attached hydrogen (secondary N) is 3. The van der Waals surface area contributed by atoms with Crippen LogP contribution in [0.3, 0.4) is 0 Å². The maximum atomic E-state index is 12.5. The molecule has 0 saturated carbocycles. The molecule has 0 unspecified atom stereocenters. The summed E-state index contributed by atoms with van der Waals surface area (Å²) in [4.78, 5) is 18.7. The Morgan fingerprint density at radius 3 is 2.86 bits per heavy atom. The number of alkyl halides is 3. The Bertz CT molecular complexity index is 526. The van der Waals surface area contributed by atoms with Crippen LogP contribution in [0.2, 0.25) is 0 Å². The average Bonchev–Trinajstić information content (AvgIpc) is 2.89. The Hall–Kier alpha value is -1.94. The number of halogens is 3. The molecule has 0 radical (unpaired) electrons. The Morgan fingerprint density at radius 2 is 2.23 bits per heavy atom. The second-order valence-corrected chi connectivity index (χ2v) is 4.83. The first-order valence-corrected chi connectivity index (χ1v) is 6.69. The number of amides is 1. The van der Waals surface area contributed by atoms with Gasteiger partial charge in [0, 0.05) is 25.8 Å².